The van der Waals surface area contributed by atoms with Crippen molar-refractivity contribution in [2.24, 2.45) is 5.92 Å². The lowest BCUT2D eigenvalue weighted by Gasteiger charge is -2.14. The Morgan fingerprint density at radius 2 is 2.00 bits per heavy atom. The molecule has 0 bridgehead atoms. The molecule has 154 valence electrons. The molecule has 28 heavy (non-hydrogen) atoms. The third-order valence-corrected chi connectivity index (χ3v) is 7.32. The molecular formula is C17H22Cl2N4O3S2. The molecule has 0 aliphatic carbocycles. The average Bonchev–Trinajstić information content (AvgIpc) is 3.11. The molecule has 1 heterocycles. The second kappa shape index (κ2) is 10.5. The lowest BCUT2D eigenvalue weighted by Crippen LogP contribution is -2.29. The number of rotatable bonds is 10. The highest BCUT2D eigenvalue weighted by Crippen LogP contribution is 2.24. The third kappa shape index (κ3) is 6.38. The van der Waals surface area contributed by atoms with Crippen molar-refractivity contribution >= 4 is 55.6 Å². The average molecular weight is 465 g/mol. The van der Waals surface area contributed by atoms with Crippen LogP contribution in [-0.4, -0.2) is 31.1 Å². The number of benzene rings is 1. The Bertz CT molecular complexity index is 919. The summed E-state index contributed by atoms with van der Waals surface area (Å²) < 4.78 is 27.3. The summed E-state index contributed by atoms with van der Waals surface area (Å²) in [6.07, 6.45) is 3.99. The van der Waals surface area contributed by atoms with Gasteiger partial charge < -0.3 is 0 Å². The largest absolute Gasteiger partial charge is 0.296 e. The van der Waals surface area contributed by atoms with Crippen LogP contribution in [0.2, 0.25) is 10.0 Å². The van der Waals surface area contributed by atoms with Crippen molar-refractivity contribution in [1.29, 1.82) is 0 Å². The summed E-state index contributed by atoms with van der Waals surface area (Å²) in [5.74, 6) is -0.255. The normalized spacial score (nSPS) is 12.7. The van der Waals surface area contributed by atoms with Gasteiger partial charge in [-0.15, -0.1) is 10.2 Å². The SMILES string of the molecule is CCCC[C@H](CC)CNS(=O)(=O)c1nnc(NC(=O)c2ccc(Cl)cc2Cl)s1. The van der Waals surface area contributed by atoms with Gasteiger partial charge in [-0.2, -0.15) is 0 Å². The number of nitrogens with zero attached hydrogens (tertiary/aromatic N) is 2. The van der Waals surface area contributed by atoms with Crippen LogP contribution in [0.15, 0.2) is 22.5 Å². The van der Waals surface area contributed by atoms with Gasteiger partial charge in [0.1, 0.15) is 0 Å². The Labute approximate surface area is 178 Å². The van der Waals surface area contributed by atoms with E-state index in [9.17, 15) is 13.2 Å². The highest BCUT2D eigenvalue weighted by atomic mass is 35.5. The highest BCUT2D eigenvalue weighted by molar-refractivity contribution is 7.91. The first-order valence-corrected chi connectivity index (χ1v) is 11.9. The van der Waals surface area contributed by atoms with Crippen molar-refractivity contribution in [1.82, 2.24) is 14.9 Å². The number of carbonyl (C=O) groups excluding carboxylic acids is 1. The van der Waals surface area contributed by atoms with Gasteiger partial charge in [-0.05, 0) is 30.5 Å². The second-order valence-corrected chi connectivity index (χ2v) is 9.98. The van der Waals surface area contributed by atoms with Crippen LogP contribution < -0.4 is 10.0 Å². The molecule has 0 aliphatic heterocycles. The number of amides is 1. The van der Waals surface area contributed by atoms with E-state index in [2.05, 4.69) is 27.2 Å². The Morgan fingerprint density at radius 1 is 1.25 bits per heavy atom. The summed E-state index contributed by atoms with van der Waals surface area (Å²) in [5.41, 5.74) is 0.200. The molecule has 0 saturated heterocycles. The first kappa shape index (κ1) is 23.0. The van der Waals surface area contributed by atoms with Gasteiger partial charge in [0.15, 0.2) is 0 Å². The molecule has 1 aromatic heterocycles. The number of aromatic nitrogens is 2. The van der Waals surface area contributed by atoms with E-state index in [4.69, 9.17) is 23.2 Å². The zero-order valence-electron chi connectivity index (χ0n) is 15.5. The molecule has 11 heteroatoms. The monoisotopic (exact) mass is 464 g/mol. The quantitative estimate of drug-likeness (QED) is 0.500. The Hall–Kier alpha value is -1.26. The topological polar surface area (TPSA) is 101 Å². The van der Waals surface area contributed by atoms with Crippen LogP contribution in [0.25, 0.3) is 0 Å². The number of anilines is 1. The fraction of sp³-hybridized carbons (Fsp3) is 0.471. The van der Waals surface area contributed by atoms with Crippen LogP contribution in [0.5, 0.6) is 0 Å². The lowest BCUT2D eigenvalue weighted by atomic mass is 10.00. The van der Waals surface area contributed by atoms with Crippen molar-refractivity contribution in [3.8, 4) is 0 Å². The first-order chi connectivity index (χ1) is 13.3. The number of unbranched alkanes of at least 4 members (excludes halogenated alkanes) is 1. The minimum absolute atomic E-state index is 0.0643. The molecule has 0 unspecified atom stereocenters. The van der Waals surface area contributed by atoms with Crippen molar-refractivity contribution < 1.29 is 13.2 Å². The van der Waals surface area contributed by atoms with E-state index in [0.717, 1.165) is 37.0 Å². The summed E-state index contributed by atoms with van der Waals surface area (Å²) in [4.78, 5) is 12.3. The molecule has 2 rings (SSSR count). The smallest absolute Gasteiger partial charge is 0.269 e. The van der Waals surface area contributed by atoms with Gasteiger partial charge in [-0.3, -0.25) is 10.1 Å². The van der Waals surface area contributed by atoms with Crippen LogP contribution in [-0.2, 0) is 10.0 Å². The Morgan fingerprint density at radius 3 is 2.64 bits per heavy atom. The number of nitrogens with one attached hydrogen (secondary N) is 2. The third-order valence-electron chi connectivity index (χ3n) is 4.14. The number of hydrogen-bond acceptors (Lipinski definition) is 6. The van der Waals surface area contributed by atoms with Crippen molar-refractivity contribution in [3.63, 3.8) is 0 Å². The minimum Gasteiger partial charge on any atom is -0.296 e. The number of carbonyl (C=O) groups is 1. The molecule has 1 atom stereocenters. The molecule has 0 aliphatic rings. The molecule has 0 fully saturated rings. The summed E-state index contributed by atoms with van der Waals surface area (Å²) in [7, 11) is -3.78. The molecule has 1 aromatic carbocycles. The molecule has 2 aromatic rings. The van der Waals surface area contributed by atoms with Gasteiger partial charge in [0.05, 0.1) is 10.6 Å². The standard InChI is InChI=1S/C17H22Cl2N4O3S2/c1-3-5-6-11(4-2)10-20-28(25,26)17-23-22-16(27-17)21-15(24)13-8-7-12(18)9-14(13)19/h7-9,11,20H,3-6,10H2,1-2H3,(H,21,22,24)/t11-/m0/s1. The summed E-state index contributed by atoms with van der Waals surface area (Å²) in [5, 5.41) is 10.6. The maximum Gasteiger partial charge on any atom is 0.269 e. The zero-order valence-corrected chi connectivity index (χ0v) is 18.7. The Kier molecular flexibility index (Phi) is 8.63. The number of hydrogen-bond donors (Lipinski definition) is 2. The van der Waals surface area contributed by atoms with Crippen LogP contribution in [0.1, 0.15) is 49.9 Å². The summed E-state index contributed by atoms with van der Waals surface area (Å²) in [6.45, 7) is 4.49. The van der Waals surface area contributed by atoms with Crippen molar-refractivity contribution in [3.05, 3.63) is 33.8 Å². The van der Waals surface area contributed by atoms with Crippen LogP contribution >= 0.6 is 34.5 Å². The Balaban J connectivity index is 2.02. The van der Waals surface area contributed by atoms with Gasteiger partial charge in [0, 0.05) is 11.6 Å². The molecule has 1 amide bonds. The minimum atomic E-state index is -3.78. The summed E-state index contributed by atoms with van der Waals surface area (Å²) >= 11 is 12.6. The zero-order chi connectivity index (χ0) is 20.7. The fourth-order valence-electron chi connectivity index (χ4n) is 2.44. The maximum absolute atomic E-state index is 12.4. The highest BCUT2D eigenvalue weighted by Gasteiger charge is 2.22. The molecule has 7 nitrogen and oxygen atoms in total. The molecular weight excluding hydrogens is 443 g/mol. The fourth-order valence-corrected chi connectivity index (χ4v) is 4.99. The van der Waals surface area contributed by atoms with Gasteiger partial charge in [0.2, 0.25) is 9.47 Å². The lowest BCUT2D eigenvalue weighted by molar-refractivity contribution is 0.102. The second-order valence-electron chi connectivity index (χ2n) is 6.22. The van der Waals surface area contributed by atoms with E-state index in [1.54, 1.807) is 0 Å². The van der Waals surface area contributed by atoms with E-state index in [-0.39, 0.29) is 26.0 Å². The number of sulfonamides is 1. The van der Waals surface area contributed by atoms with Crippen molar-refractivity contribution in [2.75, 3.05) is 11.9 Å². The summed E-state index contributed by atoms with van der Waals surface area (Å²) in [6, 6.07) is 4.45. The van der Waals surface area contributed by atoms with Crippen LogP contribution in [0.3, 0.4) is 0 Å². The molecule has 0 spiro atoms. The van der Waals surface area contributed by atoms with Gasteiger partial charge in [0.25, 0.3) is 15.9 Å². The van der Waals surface area contributed by atoms with Gasteiger partial charge in [-0.25, -0.2) is 13.1 Å². The van der Waals surface area contributed by atoms with E-state index in [1.165, 1.54) is 18.2 Å². The van der Waals surface area contributed by atoms with E-state index in [1.807, 2.05) is 6.92 Å². The van der Waals surface area contributed by atoms with Gasteiger partial charge in [-0.1, -0.05) is 67.6 Å². The van der Waals surface area contributed by atoms with Crippen LogP contribution in [0, 0.1) is 5.92 Å². The maximum atomic E-state index is 12.4. The van der Waals surface area contributed by atoms with E-state index in [0.29, 0.717) is 11.6 Å². The van der Waals surface area contributed by atoms with E-state index >= 15 is 0 Å². The van der Waals surface area contributed by atoms with E-state index < -0.39 is 15.9 Å². The van der Waals surface area contributed by atoms with Crippen LogP contribution in [0.4, 0.5) is 5.13 Å². The molecule has 0 radical (unpaired) electrons. The van der Waals surface area contributed by atoms with Gasteiger partial charge >= 0.3 is 0 Å². The first-order valence-electron chi connectivity index (χ1n) is 8.86. The van der Waals surface area contributed by atoms with Crippen molar-refractivity contribution in [2.45, 2.75) is 43.9 Å². The predicted molar refractivity (Wildman–Crippen MR) is 113 cm³/mol. The number of halogens is 2. The molecule has 0 saturated carbocycles. The predicted octanol–water partition coefficient (Wildman–Crippen LogP) is 4.59. The molecule has 2 N–H and O–H groups in total.